The first-order valence-corrected chi connectivity index (χ1v) is 13.0. The number of aromatic amines is 1. The Hall–Kier alpha value is -4.27. The Kier molecular flexibility index (Phi) is 6.60. The van der Waals surface area contributed by atoms with Gasteiger partial charge < -0.3 is 14.6 Å². The first-order chi connectivity index (χ1) is 17.9. The van der Waals surface area contributed by atoms with Crippen molar-refractivity contribution in [2.75, 3.05) is 31.6 Å². The number of esters is 1. The average Bonchev–Trinajstić information content (AvgIpc) is 3.38. The maximum Gasteiger partial charge on any atom is 0.307 e. The number of hydrogen-bond donors (Lipinski definition) is 1. The number of sulfonamides is 1. The molecule has 0 radical (unpaired) electrons. The zero-order chi connectivity index (χ0) is 26.0. The molecule has 1 N–H and O–H groups in total. The summed E-state index contributed by atoms with van der Waals surface area (Å²) in [5.41, 5.74) is 2.82. The molecule has 1 saturated heterocycles. The van der Waals surface area contributed by atoms with Gasteiger partial charge in [-0.05, 0) is 36.4 Å². The summed E-state index contributed by atoms with van der Waals surface area (Å²) in [4.78, 5) is 30.3. The van der Waals surface area contributed by atoms with E-state index in [0.717, 1.165) is 11.3 Å². The number of anilines is 1. The molecule has 0 aliphatic carbocycles. The minimum atomic E-state index is -3.87. The summed E-state index contributed by atoms with van der Waals surface area (Å²) in [6.07, 6.45) is 10.5. The highest BCUT2D eigenvalue weighted by atomic mass is 32.2. The van der Waals surface area contributed by atoms with Gasteiger partial charge in [0.2, 0.25) is 5.95 Å². The zero-order valence-electron chi connectivity index (χ0n) is 20.0. The fourth-order valence-electron chi connectivity index (χ4n) is 4.37. The van der Waals surface area contributed by atoms with Crippen molar-refractivity contribution < 1.29 is 17.9 Å². The summed E-state index contributed by atoms with van der Waals surface area (Å²) >= 11 is 0. The van der Waals surface area contributed by atoms with Crippen LogP contribution in [-0.2, 0) is 19.6 Å². The number of aromatic nitrogens is 4. The van der Waals surface area contributed by atoms with Crippen molar-refractivity contribution >= 4 is 32.8 Å². The standard InChI is InChI=1S/C26H24N6O4S/c1-3-18-7-8-23-19(12-18)13-24(30-23)37(34,35)31-10-11-32(21(17-31)14-25(33)36-2)26-28-15-20(16-29-26)22-6-4-5-9-27-22/h1,4-9,12-13,15-16,21,30H,10-11,14,17H2,2H3. The van der Waals surface area contributed by atoms with Crippen LogP contribution < -0.4 is 4.90 Å². The van der Waals surface area contributed by atoms with Gasteiger partial charge in [-0.25, -0.2) is 18.4 Å². The van der Waals surface area contributed by atoms with E-state index in [0.29, 0.717) is 29.0 Å². The van der Waals surface area contributed by atoms with Crippen LogP contribution in [0.25, 0.3) is 22.2 Å². The van der Waals surface area contributed by atoms with E-state index in [1.165, 1.54) is 11.4 Å². The third kappa shape index (κ3) is 4.89. The predicted octanol–water partition coefficient (Wildman–Crippen LogP) is 2.44. The Morgan fingerprint density at radius 2 is 1.97 bits per heavy atom. The van der Waals surface area contributed by atoms with E-state index in [4.69, 9.17) is 11.2 Å². The molecule has 5 rings (SSSR count). The number of carbonyl (C=O) groups excluding carboxylic acids is 1. The largest absolute Gasteiger partial charge is 0.469 e. The molecule has 0 spiro atoms. The Morgan fingerprint density at radius 1 is 1.16 bits per heavy atom. The lowest BCUT2D eigenvalue weighted by Gasteiger charge is -2.40. The van der Waals surface area contributed by atoms with Crippen LogP contribution in [0.3, 0.4) is 0 Å². The number of fused-ring (bicyclic) bond motifs is 1. The third-order valence-electron chi connectivity index (χ3n) is 6.31. The number of ether oxygens (including phenoxy) is 1. The molecule has 1 aromatic carbocycles. The van der Waals surface area contributed by atoms with E-state index in [9.17, 15) is 13.2 Å². The number of hydrogen-bond acceptors (Lipinski definition) is 8. The molecule has 4 heterocycles. The second-order valence-corrected chi connectivity index (χ2v) is 10.5. The van der Waals surface area contributed by atoms with Crippen molar-refractivity contribution in [1.82, 2.24) is 24.2 Å². The van der Waals surface area contributed by atoms with Gasteiger partial charge in [-0.3, -0.25) is 9.78 Å². The van der Waals surface area contributed by atoms with E-state index in [1.54, 1.807) is 42.9 Å². The quantitative estimate of drug-likeness (QED) is 0.306. The molecule has 0 amide bonds. The second kappa shape index (κ2) is 10.0. The molecule has 1 aliphatic heterocycles. The first kappa shape index (κ1) is 24.4. The Bertz CT molecular complexity index is 1580. The Labute approximate surface area is 214 Å². The molecular formula is C26H24N6O4S. The van der Waals surface area contributed by atoms with Gasteiger partial charge in [0.1, 0.15) is 5.03 Å². The lowest BCUT2D eigenvalue weighted by atomic mass is 10.1. The number of nitrogens with one attached hydrogen (secondary N) is 1. The number of H-pyrrole nitrogens is 1. The molecule has 37 heavy (non-hydrogen) atoms. The van der Waals surface area contributed by atoms with Crippen molar-refractivity contribution in [2.24, 2.45) is 0 Å². The van der Waals surface area contributed by atoms with Crippen molar-refractivity contribution in [2.45, 2.75) is 17.5 Å². The topological polar surface area (TPSA) is 121 Å². The van der Waals surface area contributed by atoms with Gasteiger partial charge in [-0.15, -0.1) is 6.42 Å². The van der Waals surface area contributed by atoms with Gasteiger partial charge in [0, 0.05) is 60.3 Å². The molecule has 10 nitrogen and oxygen atoms in total. The van der Waals surface area contributed by atoms with Crippen molar-refractivity contribution in [3.63, 3.8) is 0 Å². The lowest BCUT2D eigenvalue weighted by Crippen LogP contribution is -2.56. The van der Waals surface area contributed by atoms with Crippen LogP contribution in [0.5, 0.6) is 0 Å². The molecule has 188 valence electrons. The van der Waals surface area contributed by atoms with Gasteiger partial charge in [0.05, 0.1) is 25.3 Å². The summed E-state index contributed by atoms with van der Waals surface area (Å²) in [6, 6.07) is 11.9. The van der Waals surface area contributed by atoms with Gasteiger partial charge >= 0.3 is 5.97 Å². The zero-order valence-corrected chi connectivity index (χ0v) is 20.9. The molecule has 1 aliphatic rings. The highest BCUT2D eigenvalue weighted by Gasteiger charge is 2.37. The van der Waals surface area contributed by atoms with Crippen molar-refractivity contribution in [1.29, 1.82) is 0 Å². The van der Waals surface area contributed by atoms with Crippen molar-refractivity contribution in [3.05, 3.63) is 66.6 Å². The minimum absolute atomic E-state index is 0.0217. The van der Waals surface area contributed by atoms with Gasteiger partial charge in [0.25, 0.3) is 10.0 Å². The third-order valence-corrected chi connectivity index (χ3v) is 8.10. The molecule has 1 atom stereocenters. The van der Waals surface area contributed by atoms with Crippen LogP contribution >= 0.6 is 0 Å². The molecule has 4 aromatic rings. The summed E-state index contributed by atoms with van der Waals surface area (Å²) < 4.78 is 33.3. The Balaban J connectivity index is 1.41. The van der Waals surface area contributed by atoms with Gasteiger partial charge in [-0.1, -0.05) is 12.0 Å². The van der Waals surface area contributed by atoms with Crippen LogP contribution in [0.2, 0.25) is 0 Å². The summed E-state index contributed by atoms with van der Waals surface area (Å²) in [5, 5.41) is 0.776. The maximum absolute atomic E-state index is 13.5. The smallest absolute Gasteiger partial charge is 0.307 e. The van der Waals surface area contributed by atoms with Crippen LogP contribution in [0.4, 0.5) is 5.95 Å². The second-order valence-electron chi connectivity index (χ2n) is 8.56. The average molecular weight is 517 g/mol. The number of pyridine rings is 1. The molecule has 0 saturated carbocycles. The summed E-state index contributed by atoms with van der Waals surface area (Å²) in [7, 11) is -2.57. The van der Waals surface area contributed by atoms with Crippen LogP contribution in [0, 0.1) is 12.3 Å². The number of carbonyl (C=O) groups is 1. The van der Waals surface area contributed by atoms with E-state index >= 15 is 0 Å². The molecule has 0 bridgehead atoms. The maximum atomic E-state index is 13.5. The highest BCUT2D eigenvalue weighted by molar-refractivity contribution is 7.89. The fraction of sp³-hybridized carbons (Fsp3) is 0.231. The van der Waals surface area contributed by atoms with E-state index in [-0.39, 0.29) is 24.5 Å². The summed E-state index contributed by atoms with van der Waals surface area (Å²) in [5.74, 6) is 2.50. The monoisotopic (exact) mass is 516 g/mol. The number of rotatable bonds is 6. The van der Waals surface area contributed by atoms with E-state index in [1.807, 2.05) is 23.1 Å². The molecule has 3 aromatic heterocycles. The van der Waals surface area contributed by atoms with E-state index in [2.05, 4.69) is 25.9 Å². The molecule has 1 unspecified atom stereocenters. The molecular weight excluding hydrogens is 492 g/mol. The number of nitrogens with zero attached hydrogens (tertiary/aromatic N) is 5. The number of piperazine rings is 1. The molecule has 1 fully saturated rings. The van der Waals surface area contributed by atoms with Gasteiger partial charge in [-0.2, -0.15) is 4.31 Å². The SMILES string of the molecule is C#Cc1ccc2[nH]c(S(=O)(=O)N3CCN(c4ncc(-c5ccccn5)cn4)C(CC(=O)OC)C3)cc2c1. The number of methoxy groups -OCH3 is 1. The number of terminal acetylenes is 1. The Morgan fingerprint density at radius 3 is 2.68 bits per heavy atom. The van der Waals surface area contributed by atoms with Crippen LogP contribution in [0.15, 0.2) is 66.1 Å². The van der Waals surface area contributed by atoms with Crippen LogP contribution in [0.1, 0.15) is 12.0 Å². The highest BCUT2D eigenvalue weighted by Crippen LogP contribution is 2.27. The molecule has 11 heteroatoms. The first-order valence-electron chi connectivity index (χ1n) is 11.6. The predicted molar refractivity (Wildman–Crippen MR) is 138 cm³/mol. The number of benzene rings is 1. The lowest BCUT2D eigenvalue weighted by molar-refractivity contribution is -0.141. The summed E-state index contributed by atoms with van der Waals surface area (Å²) in [6.45, 7) is 0.551. The fourth-order valence-corrected chi connectivity index (χ4v) is 5.85. The van der Waals surface area contributed by atoms with E-state index < -0.39 is 22.0 Å². The van der Waals surface area contributed by atoms with Crippen molar-refractivity contribution in [3.8, 4) is 23.6 Å². The van der Waals surface area contributed by atoms with Crippen LogP contribution in [-0.4, -0.2) is 71.4 Å². The normalized spacial score (nSPS) is 16.4. The van der Waals surface area contributed by atoms with Gasteiger partial charge in [0.15, 0.2) is 0 Å². The minimum Gasteiger partial charge on any atom is -0.469 e.